The maximum absolute atomic E-state index is 12.1. The maximum Gasteiger partial charge on any atom is 0.410 e. The molecule has 0 bridgehead atoms. The zero-order valence-electron chi connectivity index (χ0n) is 19.0. The number of piperidine rings is 1. The Morgan fingerprint density at radius 1 is 1.13 bits per heavy atom. The van der Waals surface area contributed by atoms with Gasteiger partial charge in [-0.25, -0.2) is 4.79 Å². The van der Waals surface area contributed by atoms with Gasteiger partial charge in [-0.2, -0.15) is 0 Å². The van der Waals surface area contributed by atoms with E-state index in [0.717, 1.165) is 38.8 Å². The first-order valence-corrected chi connectivity index (χ1v) is 11.1. The van der Waals surface area contributed by atoms with Gasteiger partial charge in [-0.1, -0.05) is 25.0 Å². The number of rotatable bonds is 9. The molecule has 0 atom stereocenters. The number of ether oxygens (including phenoxy) is 2. The number of likely N-dealkylation sites (tertiary alicyclic amines) is 1. The van der Waals surface area contributed by atoms with Crippen molar-refractivity contribution >= 4 is 12.0 Å². The largest absolute Gasteiger partial charge is 0.444 e. The minimum Gasteiger partial charge on any atom is -0.444 e. The van der Waals surface area contributed by atoms with Gasteiger partial charge in [-0.3, -0.25) is 4.79 Å². The van der Waals surface area contributed by atoms with E-state index in [1.807, 2.05) is 49.9 Å². The second kappa shape index (κ2) is 11.9. The SMILES string of the molecule is COCCNC(=O)c1ccc(CCCCC2CCN(C(=O)OC(C)(C)C)CC2)cc1.[HH]. The first-order chi connectivity index (χ1) is 14.3. The fraction of sp³-hybridized carbons (Fsp3) is 0.667. The summed E-state index contributed by atoms with van der Waals surface area (Å²) in [6, 6.07) is 7.88. The van der Waals surface area contributed by atoms with Crippen LogP contribution in [-0.4, -0.2) is 55.9 Å². The molecule has 0 radical (unpaired) electrons. The third-order valence-electron chi connectivity index (χ3n) is 5.40. The molecule has 1 aliphatic rings. The van der Waals surface area contributed by atoms with E-state index in [9.17, 15) is 9.59 Å². The number of aryl methyl sites for hydroxylation is 1. The van der Waals surface area contributed by atoms with Crippen LogP contribution in [0.15, 0.2) is 24.3 Å². The van der Waals surface area contributed by atoms with Gasteiger partial charge in [-0.05, 0) is 70.1 Å². The Kier molecular flexibility index (Phi) is 9.63. The molecule has 170 valence electrons. The van der Waals surface area contributed by atoms with Crippen molar-refractivity contribution in [3.05, 3.63) is 35.4 Å². The van der Waals surface area contributed by atoms with Crippen LogP contribution in [0, 0.1) is 5.92 Å². The molecule has 0 aromatic heterocycles. The molecule has 1 aliphatic heterocycles. The molecule has 6 nitrogen and oxygen atoms in total. The number of benzene rings is 1. The van der Waals surface area contributed by atoms with Crippen LogP contribution in [0.25, 0.3) is 0 Å². The van der Waals surface area contributed by atoms with Crippen molar-refractivity contribution in [1.82, 2.24) is 10.2 Å². The Hall–Kier alpha value is -2.08. The van der Waals surface area contributed by atoms with Gasteiger partial charge in [0.1, 0.15) is 5.60 Å². The molecule has 1 heterocycles. The monoisotopic (exact) mass is 420 g/mol. The van der Waals surface area contributed by atoms with Gasteiger partial charge < -0.3 is 19.7 Å². The Bertz CT molecular complexity index is 665. The van der Waals surface area contributed by atoms with Gasteiger partial charge in [0.2, 0.25) is 0 Å². The smallest absolute Gasteiger partial charge is 0.410 e. The molecule has 0 aliphatic carbocycles. The predicted molar refractivity (Wildman–Crippen MR) is 121 cm³/mol. The van der Waals surface area contributed by atoms with Crippen molar-refractivity contribution in [3.8, 4) is 0 Å². The molecule has 0 unspecified atom stereocenters. The summed E-state index contributed by atoms with van der Waals surface area (Å²) < 4.78 is 10.4. The third-order valence-corrected chi connectivity index (χ3v) is 5.40. The molecule has 1 aromatic carbocycles. The lowest BCUT2D eigenvalue weighted by Gasteiger charge is -2.33. The summed E-state index contributed by atoms with van der Waals surface area (Å²) in [7, 11) is 1.62. The van der Waals surface area contributed by atoms with Crippen molar-refractivity contribution in [3.63, 3.8) is 0 Å². The molecule has 1 fully saturated rings. The highest BCUT2D eigenvalue weighted by Gasteiger charge is 2.26. The number of carbonyl (C=O) groups excluding carboxylic acids is 2. The fourth-order valence-electron chi connectivity index (χ4n) is 3.68. The van der Waals surface area contributed by atoms with Crippen LogP contribution >= 0.6 is 0 Å². The second-order valence-corrected chi connectivity index (χ2v) is 9.10. The van der Waals surface area contributed by atoms with Crippen LogP contribution < -0.4 is 5.32 Å². The lowest BCUT2D eigenvalue weighted by molar-refractivity contribution is 0.0180. The number of hydrogen-bond acceptors (Lipinski definition) is 4. The first-order valence-electron chi connectivity index (χ1n) is 11.1. The van der Waals surface area contributed by atoms with Gasteiger partial charge in [0.25, 0.3) is 5.91 Å². The van der Waals surface area contributed by atoms with Crippen LogP contribution in [0.2, 0.25) is 0 Å². The van der Waals surface area contributed by atoms with E-state index in [1.54, 1.807) is 7.11 Å². The van der Waals surface area contributed by atoms with Crippen molar-refractivity contribution in [2.24, 2.45) is 5.92 Å². The van der Waals surface area contributed by atoms with Crippen molar-refractivity contribution in [1.29, 1.82) is 0 Å². The second-order valence-electron chi connectivity index (χ2n) is 9.10. The van der Waals surface area contributed by atoms with Crippen molar-refractivity contribution in [2.45, 2.75) is 64.9 Å². The Balaban J connectivity index is 0.00000480. The number of carbonyl (C=O) groups is 2. The average molecular weight is 421 g/mol. The third kappa shape index (κ3) is 8.74. The lowest BCUT2D eigenvalue weighted by atomic mass is 9.91. The highest BCUT2D eigenvalue weighted by molar-refractivity contribution is 5.94. The summed E-state index contributed by atoms with van der Waals surface area (Å²) in [5.74, 6) is 0.637. The van der Waals surface area contributed by atoms with Gasteiger partial charge >= 0.3 is 6.09 Å². The van der Waals surface area contributed by atoms with Crippen LogP contribution in [0.5, 0.6) is 0 Å². The lowest BCUT2D eigenvalue weighted by Crippen LogP contribution is -2.41. The Labute approximate surface area is 182 Å². The number of amides is 2. The van der Waals surface area contributed by atoms with E-state index < -0.39 is 5.60 Å². The Morgan fingerprint density at radius 2 is 1.80 bits per heavy atom. The summed E-state index contributed by atoms with van der Waals surface area (Å²) in [5.41, 5.74) is 1.52. The zero-order chi connectivity index (χ0) is 22.0. The molecule has 1 aromatic rings. The van der Waals surface area contributed by atoms with E-state index in [-0.39, 0.29) is 13.4 Å². The number of methoxy groups -OCH3 is 1. The number of nitrogens with zero attached hydrogens (tertiary/aromatic N) is 1. The number of unbranched alkanes of at least 4 members (excludes halogenated alkanes) is 1. The van der Waals surface area contributed by atoms with Crippen LogP contribution in [-0.2, 0) is 15.9 Å². The molecular formula is C24H40N2O4. The van der Waals surface area contributed by atoms with Crippen LogP contribution in [0.4, 0.5) is 4.79 Å². The van der Waals surface area contributed by atoms with Gasteiger partial charge in [0.15, 0.2) is 0 Å². The normalized spacial score (nSPS) is 15.1. The van der Waals surface area contributed by atoms with Crippen molar-refractivity contribution in [2.75, 3.05) is 33.4 Å². The summed E-state index contributed by atoms with van der Waals surface area (Å²) in [5, 5.41) is 2.83. The van der Waals surface area contributed by atoms with E-state index in [4.69, 9.17) is 9.47 Å². The van der Waals surface area contributed by atoms with Gasteiger partial charge in [0.05, 0.1) is 6.61 Å². The summed E-state index contributed by atoms with van der Waals surface area (Å²) >= 11 is 0. The molecule has 6 heteroatoms. The zero-order valence-corrected chi connectivity index (χ0v) is 19.0. The van der Waals surface area contributed by atoms with Crippen LogP contribution in [0.3, 0.4) is 0 Å². The number of hydrogen-bond donors (Lipinski definition) is 1. The highest BCUT2D eigenvalue weighted by Crippen LogP contribution is 2.24. The molecular weight excluding hydrogens is 380 g/mol. The first kappa shape index (κ1) is 24.2. The Morgan fingerprint density at radius 3 is 2.40 bits per heavy atom. The molecule has 0 saturated carbocycles. The van der Waals surface area contributed by atoms with Gasteiger partial charge in [0, 0.05) is 33.7 Å². The summed E-state index contributed by atoms with van der Waals surface area (Å²) in [6.45, 7) is 8.35. The summed E-state index contributed by atoms with van der Waals surface area (Å²) in [6.07, 6.45) is 6.52. The number of nitrogens with one attached hydrogen (secondary N) is 1. The summed E-state index contributed by atoms with van der Waals surface area (Å²) in [4.78, 5) is 26.0. The topological polar surface area (TPSA) is 67.9 Å². The maximum atomic E-state index is 12.1. The van der Waals surface area contributed by atoms with E-state index >= 15 is 0 Å². The van der Waals surface area contributed by atoms with Crippen molar-refractivity contribution < 1.29 is 20.5 Å². The predicted octanol–water partition coefficient (Wildman–Crippen LogP) is 4.67. The molecule has 2 amide bonds. The van der Waals surface area contributed by atoms with E-state index in [1.165, 1.54) is 18.4 Å². The molecule has 1 N–H and O–H groups in total. The van der Waals surface area contributed by atoms with E-state index in [0.29, 0.717) is 24.6 Å². The molecule has 30 heavy (non-hydrogen) atoms. The molecule has 2 rings (SSSR count). The standard InChI is InChI=1S/C24H38N2O4.H2/c1-24(2,3)30-23(28)26-16-13-20(14-17-26)8-6-5-7-19-9-11-21(12-10-19)22(27)25-15-18-29-4;/h9-12,20H,5-8,13-18H2,1-4H3,(H,25,27);1H. The highest BCUT2D eigenvalue weighted by atomic mass is 16.6. The average Bonchev–Trinajstić information content (AvgIpc) is 2.71. The quantitative estimate of drug-likeness (QED) is 0.590. The fourth-order valence-corrected chi connectivity index (χ4v) is 3.68. The van der Waals surface area contributed by atoms with Crippen LogP contribution in [0.1, 0.15) is 70.2 Å². The molecule has 0 spiro atoms. The minimum absolute atomic E-state index is 0. The van der Waals surface area contributed by atoms with Gasteiger partial charge in [-0.15, -0.1) is 0 Å². The van der Waals surface area contributed by atoms with E-state index in [2.05, 4.69) is 5.32 Å². The molecule has 1 saturated heterocycles. The minimum atomic E-state index is -0.431.